The highest BCUT2D eigenvalue weighted by molar-refractivity contribution is 7.92. The first kappa shape index (κ1) is 13.9. The van der Waals surface area contributed by atoms with E-state index in [1.165, 1.54) is 6.92 Å². The largest absolute Gasteiger partial charge is 0.342 e. The average Bonchev–Trinajstić information content (AvgIpc) is 2.14. The zero-order valence-electron chi connectivity index (χ0n) is 8.56. The lowest BCUT2D eigenvalue weighted by Crippen LogP contribution is -2.34. The number of hydrogen-bond acceptors (Lipinski definition) is 5. The quantitative estimate of drug-likeness (QED) is 0.558. The Morgan fingerprint density at radius 2 is 2.20 bits per heavy atom. The molecule has 1 amide bonds. The Hall–Kier alpha value is -1.13. The van der Waals surface area contributed by atoms with E-state index >= 15 is 0 Å². The third-order valence-corrected chi connectivity index (χ3v) is 4.01. The highest BCUT2D eigenvalue weighted by Crippen LogP contribution is 2.05. The molecule has 0 aromatic heterocycles. The summed E-state index contributed by atoms with van der Waals surface area (Å²) >= 11 is 0. The molecular weight excluding hydrogens is 218 g/mol. The molecule has 0 aliphatic rings. The second-order valence-corrected chi connectivity index (χ2v) is 5.55. The van der Waals surface area contributed by atoms with Crippen molar-refractivity contribution in [2.75, 3.05) is 18.8 Å². The molecule has 0 aliphatic carbocycles. The van der Waals surface area contributed by atoms with Crippen molar-refractivity contribution in [2.24, 2.45) is 5.73 Å². The van der Waals surface area contributed by atoms with Gasteiger partial charge < -0.3 is 11.1 Å². The van der Waals surface area contributed by atoms with Crippen molar-refractivity contribution in [3.8, 4) is 6.07 Å². The summed E-state index contributed by atoms with van der Waals surface area (Å²) in [5.41, 5.74) is 5.23. The molecule has 1 unspecified atom stereocenters. The summed E-state index contributed by atoms with van der Waals surface area (Å²) in [6, 6.07) is 1.69. The number of nitriles is 1. The van der Waals surface area contributed by atoms with E-state index in [0.717, 1.165) is 0 Å². The number of nitrogens with one attached hydrogen (secondary N) is 1. The second kappa shape index (κ2) is 6.37. The number of hydrogen-bond donors (Lipinski definition) is 2. The summed E-state index contributed by atoms with van der Waals surface area (Å²) in [7, 11) is -3.45. The number of rotatable bonds is 6. The average molecular weight is 233 g/mol. The number of carbonyl (C=O) groups is 1. The summed E-state index contributed by atoms with van der Waals surface area (Å²) < 4.78 is 23.0. The van der Waals surface area contributed by atoms with Gasteiger partial charge in [0.25, 0.3) is 0 Å². The van der Waals surface area contributed by atoms with Crippen LogP contribution in [0.4, 0.5) is 0 Å². The number of nitrogens with two attached hydrogens (primary N) is 1. The van der Waals surface area contributed by atoms with Gasteiger partial charge >= 0.3 is 0 Å². The molecule has 0 fully saturated rings. The Bertz CT molecular complexity index is 345. The van der Waals surface area contributed by atoms with E-state index in [9.17, 15) is 13.2 Å². The number of sulfone groups is 1. The molecule has 86 valence electrons. The monoisotopic (exact) mass is 233 g/mol. The van der Waals surface area contributed by atoms with Crippen molar-refractivity contribution in [3.63, 3.8) is 0 Å². The summed E-state index contributed by atoms with van der Waals surface area (Å²) in [4.78, 5) is 11.1. The fraction of sp³-hybridized carbons (Fsp3) is 0.750. The first-order valence-electron chi connectivity index (χ1n) is 4.49. The summed E-state index contributed by atoms with van der Waals surface area (Å²) in [6.07, 6.45) is 0.327. The number of nitrogens with zero attached hydrogens (tertiary/aromatic N) is 1. The maximum absolute atomic E-state index is 11.5. The zero-order chi connectivity index (χ0) is 11.9. The predicted molar refractivity (Wildman–Crippen MR) is 55.5 cm³/mol. The smallest absolute Gasteiger partial charge is 0.236 e. The molecule has 7 heteroatoms. The van der Waals surface area contributed by atoms with Crippen molar-refractivity contribution < 1.29 is 13.2 Å². The Kier molecular flexibility index (Phi) is 5.89. The fourth-order valence-electron chi connectivity index (χ4n) is 0.928. The molecule has 0 aromatic carbocycles. The van der Waals surface area contributed by atoms with Crippen molar-refractivity contribution in [2.45, 2.75) is 18.6 Å². The minimum Gasteiger partial charge on any atom is -0.342 e. The molecule has 0 heterocycles. The van der Waals surface area contributed by atoms with Gasteiger partial charge in [-0.15, -0.1) is 0 Å². The van der Waals surface area contributed by atoms with Crippen LogP contribution >= 0.6 is 0 Å². The predicted octanol–water partition coefficient (Wildman–Crippen LogP) is -1.22. The van der Waals surface area contributed by atoms with E-state index in [1.807, 2.05) is 0 Å². The van der Waals surface area contributed by atoms with Crippen LogP contribution in [0, 0.1) is 11.3 Å². The van der Waals surface area contributed by atoms with Crippen molar-refractivity contribution in [1.29, 1.82) is 5.26 Å². The molecule has 0 spiro atoms. The van der Waals surface area contributed by atoms with E-state index < -0.39 is 26.7 Å². The Labute approximate surface area is 89.4 Å². The summed E-state index contributed by atoms with van der Waals surface area (Å²) in [5, 5.41) is 9.72. The molecule has 0 aromatic rings. The van der Waals surface area contributed by atoms with Crippen LogP contribution in [-0.4, -0.2) is 38.4 Å². The topological polar surface area (TPSA) is 113 Å². The molecule has 1 atom stereocenters. The lowest BCUT2D eigenvalue weighted by Gasteiger charge is -2.10. The molecule has 15 heavy (non-hydrogen) atoms. The van der Waals surface area contributed by atoms with Crippen molar-refractivity contribution in [3.05, 3.63) is 0 Å². The third kappa shape index (κ3) is 5.34. The Morgan fingerprint density at radius 3 is 2.67 bits per heavy atom. The maximum atomic E-state index is 11.5. The molecule has 0 rings (SSSR count). The van der Waals surface area contributed by atoms with Crippen LogP contribution in [0.15, 0.2) is 0 Å². The van der Waals surface area contributed by atoms with Crippen LogP contribution in [0.2, 0.25) is 0 Å². The number of amides is 1. The minimum atomic E-state index is -3.45. The minimum absolute atomic E-state index is 0.181. The SMILES string of the molecule is CC(CCN)S(=O)(=O)CC(=O)NCC#N. The van der Waals surface area contributed by atoms with Gasteiger partial charge in [0.1, 0.15) is 12.3 Å². The highest BCUT2D eigenvalue weighted by atomic mass is 32.2. The molecule has 0 saturated carbocycles. The van der Waals surface area contributed by atoms with Gasteiger partial charge in [-0.1, -0.05) is 0 Å². The lowest BCUT2D eigenvalue weighted by molar-refractivity contribution is -0.118. The zero-order valence-corrected chi connectivity index (χ0v) is 9.38. The molecule has 0 bridgehead atoms. The first-order valence-corrected chi connectivity index (χ1v) is 6.21. The molecule has 0 radical (unpaired) electrons. The molecule has 3 N–H and O–H groups in total. The second-order valence-electron chi connectivity index (χ2n) is 3.13. The maximum Gasteiger partial charge on any atom is 0.236 e. The molecule has 0 aliphatic heterocycles. The van der Waals surface area contributed by atoms with Gasteiger partial charge in [0.2, 0.25) is 5.91 Å². The molecule has 0 saturated heterocycles. The van der Waals surface area contributed by atoms with E-state index in [2.05, 4.69) is 5.32 Å². The highest BCUT2D eigenvalue weighted by Gasteiger charge is 2.23. The standard InChI is InChI=1S/C8H15N3O3S/c1-7(2-3-9)15(13,14)6-8(12)11-5-4-10/h7H,2-3,5-6,9H2,1H3,(H,11,12). The lowest BCUT2D eigenvalue weighted by atomic mass is 10.3. The fourth-order valence-corrected chi connectivity index (χ4v) is 2.18. The molecular formula is C8H15N3O3S. The van der Waals surface area contributed by atoms with Gasteiger partial charge in [-0.3, -0.25) is 4.79 Å². The van der Waals surface area contributed by atoms with Crippen LogP contribution in [-0.2, 0) is 14.6 Å². The number of carbonyl (C=O) groups excluding carboxylic acids is 1. The van der Waals surface area contributed by atoms with Crippen LogP contribution in [0.3, 0.4) is 0 Å². The van der Waals surface area contributed by atoms with Gasteiger partial charge in [-0.2, -0.15) is 5.26 Å². The van der Waals surface area contributed by atoms with E-state index in [0.29, 0.717) is 6.42 Å². The normalized spacial score (nSPS) is 12.9. The van der Waals surface area contributed by atoms with E-state index in [1.54, 1.807) is 6.07 Å². The summed E-state index contributed by atoms with van der Waals surface area (Å²) in [6.45, 7) is 1.60. The van der Waals surface area contributed by atoms with Gasteiger partial charge in [-0.05, 0) is 19.9 Å². The molecule has 6 nitrogen and oxygen atoms in total. The summed E-state index contributed by atoms with van der Waals surface area (Å²) in [5.74, 6) is -1.24. The van der Waals surface area contributed by atoms with E-state index in [4.69, 9.17) is 11.0 Å². The van der Waals surface area contributed by atoms with Gasteiger partial charge in [0.15, 0.2) is 9.84 Å². The first-order chi connectivity index (χ1) is 6.94. The van der Waals surface area contributed by atoms with Crippen molar-refractivity contribution in [1.82, 2.24) is 5.32 Å². The van der Waals surface area contributed by atoms with Crippen LogP contribution in [0.5, 0.6) is 0 Å². The Morgan fingerprint density at radius 1 is 1.60 bits per heavy atom. The third-order valence-electron chi connectivity index (χ3n) is 1.88. The Balaban J connectivity index is 4.26. The van der Waals surface area contributed by atoms with Gasteiger partial charge in [-0.25, -0.2) is 8.42 Å². The van der Waals surface area contributed by atoms with Crippen LogP contribution in [0.25, 0.3) is 0 Å². The van der Waals surface area contributed by atoms with Crippen molar-refractivity contribution >= 4 is 15.7 Å². The van der Waals surface area contributed by atoms with Crippen LogP contribution in [0.1, 0.15) is 13.3 Å². The van der Waals surface area contributed by atoms with Gasteiger partial charge in [0, 0.05) is 0 Å². The van der Waals surface area contributed by atoms with Gasteiger partial charge in [0.05, 0.1) is 11.3 Å². The van der Waals surface area contributed by atoms with E-state index in [-0.39, 0.29) is 13.1 Å². The van der Waals surface area contributed by atoms with Crippen LogP contribution < -0.4 is 11.1 Å².